The number of likely N-dealkylation sites (N-methyl/N-ethyl adjacent to an activating group) is 1. The van der Waals surface area contributed by atoms with E-state index in [1.807, 2.05) is 13.8 Å². The zero-order valence-corrected chi connectivity index (χ0v) is 13.6. The Morgan fingerprint density at radius 1 is 1.38 bits per heavy atom. The van der Waals surface area contributed by atoms with Gasteiger partial charge in [-0.05, 0) is 18.4 Å². The van der Waals surface area contributed by atoms with Crippen molar-refractivity contribution in [3.05, 3.63) is 16.0 Å². The lowest BCUT2D eigenvalue weighted by atomic mass is 10.0. The highest BCUT2D eigenvalue weighted by Crippen LogP contribution is 2.34. The number of carboxylic acids is 1. The molecular weight excluding hydrogens is 288 g/mol. The molecule has 1 aromatic rings. The van der Waals surface area contributed by atoms with Crippen molar-refractivity contribution in [3.63, 3.8) is 0 Å². The Morgan fingerprint density at radius 2 is 2.05 bits per heavy atom. The summed E-state index contributed by atoms with van der Waals surface area (Å²) in [5.74, 6) is -1.36. The second-order valence-electron chi connectivity index (χ2n) is 5.63. The Morgan fingerprint density at radius 3 is 2.62 bits per heavy atom. The number of carboxylic acid groups (broad SMARTS) is 1. The van der Waals surface area contributed by atoms with Crippen LogP contribution in [-0.2, 0) is 17.8 Å². The van der Waals surface area contributed by atoms with Crippen LogP contribution in [0.4, 0.5) is 5.00 Å². The predicted molar refractivity (Wildman–Crippen MR) is 80.5 cm³/mol. The molecule has 0 saturated heterocycles. The monoisotopic (exact) mass is 310 g/mol. The molecule has 1 aliphatic rings. The summed E-state index contributed by atoms with van der Waals surface area (Å²) in [7, 11) is 2.09. The Kier molecular flexibility index (Phi) is 5.00. The van der Waals surface area contributed by atoms with E-state index in [-0.39, 0.29) is 17.4 Å². The maximum atomic E-state index is 12.2. The van der Waals surface area contributed by atoms with E-state index in [0.717, 1.165) is 42.8 Å². The SMILES string of the molecule is CCC(CC)C(=O)Nc1sc2c(c1C(=O)[O-])CC[NH+](C)C2. The topological polar surface area (TPSA) is 73.7 Å². The van der Waals surface area contributed by atoms with Crippen LogP contribution in [0.5, 0.6) is 0 Å². The molecule has 1 atom stereocenters. The van der Waals surface area contributed by atoms with Crippen LogP contribution in [-0.4, -0.2) is 25.5 Å². The first-order chi connectivity index (χ1) is 9.97. The summed E-state index contributed by atoms with van der Waals surface area (Å²) in [6, 6.07) is 0. The first kappa shape index (κ1) is 16.0. The molecular formula is C15H22N2O3S. The number of hydrogen-bond acceptors (Lipinski definition) is 4. The molecule has 2 heterocycles. The third-order valence-corrected chi connectivity index (χ3v) is 5.30. The molecule has 2 rings (SSSR count). The van der Waals surface area contributed by atoms with E-state index >= 15 is 0 Å². The third kappa shape index (κ3) is 3.27. The van der Waals surface area contributed by atoms with Crippen molar-refractivity contribution in [2.45, 2.75) is 39.7 Å². The number of amides is 1. The lowest BCUT2D eigenvalue weighted by Gasteiger charge is -2.20. The number of nitrogens with one attached hydrogen (secondary N) is 2. The smallest absolute Gasteiger partial charge is 0.228 e. The number of anilines is 1. The number of carbonyl (C=O) groups is 2. The van der Waals surface area contributed by atoms with Crippen molar-refractivity contribution >= 4 is 28.2 Å². The molecule has 5 nitrogen and oxygen atoms in total. The Bertz CT molecular complexity index is 549. The molecule has 0 saturated carbocycles. The molecule has 1 amide bonds. The van der Waals surface area contributed by atoms with E-state index in [1.165, 1.54) is 16.2 Å². The fraction of sp³-hybridized carbons (Fsp3) is 0.600. The number of carbonyl (C=O) groups excluding carboxylic acids is 2. The molecule has 1 aromatic heterocycles. The summed E-state index contributed by atoms with van der Waals surface area (Å²) in [5, 5.41) is 14.7. The second-order valence-corrected chi connectivity index (χ2v) is 6.74. The van der Waals surface area contributed by atoms with Crippen molar-refractivity contribution in [2.75, 3.05) is 18.9 Å². The summed E-state index contributed by atoms with van der Waals surface area (Å²) in [4.78, 5) is 26.1. The van der Waals surface area contributed by atoms with Gasteiger partial charge in [-0.1, -0.05) is 13.8 Å². The average molecular weight is 310 g/mol. The number of rotatable bonds is 5. The first-order valence-corrected chi connectivity index (χ1v) is 8.27. The minimum Gasteiger partial charge on any atom is -0.545 e. The van der Waals surface area contributed by atoms with Crippen LogP contribution in [0.25, 0.3) is 0 Å². The highest BCUT2D eigenvalue weighted by Gasteiger charge is 2.27. The van der Waals surface area contributed by atoms with Crippen LogP contribution in [0.3, 0.4) is 0 Å². The molecule has 1 unspecified atom stereocenters. The molecule has 1 aliphatic heterocycles. The van der Waals surface area contributed by atoms with Gasteiger partial charge in [0, 0.05) is 17.9 Å². The third-order valence-electron chi connectivity index (χ3n) is 4.15. The summed E-state index contributed by atoms with van der Waals surface area (Å²) in [5.41, 5.74) is 1.05. The zero-order chi connectivity index (χ0) is 15.6. The average Bonchev–Trinajstić information content (AvgIpc) is 2.76. The number of hydrogen-bond donors (Lipinski definition) is 2. The molecule has 21 heavy (non-hydrogen) atoms. The fourth-order valence-corrected chi connectivity index (χ4v) is 4.15. The summed E-state index contributed by atoms with van der Waals surface area (Å²) < 4.78 is 0. The van der Waals surface area contributed by atoms with Gasteiger partial charge in [0.15, 0.2) is 0 Å². The molecule has 6 heteroatoms. The van der Waals surface area contributed by atoms with Gasteiger partial charge in [0.2, 0.25) is 5.91 Å². The lowest BCUT2D eigenvalue weighted by molar-refractivity contribution is -0.895. The molecule has 0 spiro atoms. The highest BCUT2D eigenvalue weighted by atomic mass is 32.1. The fourth-order valence-electron chi connectivity index (χ4n) is 2.80. The predicted octanol–water partition coefficient (Wildman–Crippen LogP) is 0.0571. The van der Waals surface area contributed by atoms with Gasteiger partial charge in [0.05, 0.1) is 24.4 Å². The normalized spacial score (nSPS) is 17.6. The number of aromatic carboxylic acids is 1. The quantitative estimate of drug-likeness (QED) is 0.807. The number of thiophene rings is 1. The standard InChI is InChI=1S/C15H22N2O3S/c1-4-9(5-2)13(18)16-14-12(15(19)20)10-6-7-17(3)8-11(10)21-14/h9H,4-8H2,1-3H3,(H,16,18)(H,19,20). The zero-order valence-electron chi connectivity index (χ0n) is 12.7. The van der Waals surface area contributed by atoms with Crippen molar-refractivity contribution in [1.82, 2.24) is 0 Å². The van der Waals surface area contributed by atoms with E-state index in [0.29, 0.717) is 5.00 Å². The Balaban J connectivity index is 2.31. The van der Waals surface area contributed by atoms with E-state index in [9.17, 15) is 14.7 Å². The van der Waals surface area contributed by atoms with Crippen LogP contribution in [0.1, 0.15) is 47.5 Å². The van der Waals surface area contributed by atoms with Gasteiger partial charge in [-0.25, -0.2) is 0 Å². The maximum absolute atomic E-state index is 12.2. The molecule has 0 aromatic carbocycles. The van der Waals surface area contributed by atoms with Crippen molar-refractivity contribution in [1.29, 1.82) is 0 Å². The van der Waals surface area contributed by atoms with Crippen LogP contribution >= 0.6 is 11.3 Å². The van der Waals surface area contributed by atoms with Gasteiger partial charge < -0.3 is 20.1 Å². The van der Waals surface area contributed by atoms with Gasteiger partial charge >= 0.3 is 0 Å². The molecule has 116 valence electrons. The largest absolute Gasteiger partial charge is 0.545 e. The number of quaternary nitrogens is 1. The summed E-state index contributed by atoms with van der Waals surface area (Å²) in [6.45, 7) is 5.64. The second kappa shape index (κ2) is 6.58. The number of fused-ring (bicyclic) bond motifs is 1. The van der Waals surface area contributed by atoms with Gasteiger partial charge in [-0.2, -0.15) is 0 Å². The minimum absolute atomic E-state index is 0.0768. The minimum atomic E-state index is -1.19. The van der Waals surface area contributed by atoms with Gasteiger partial charge in [0.1, 0.15) is 11.5 Å². The molecule has 0 fully saturated rings. The van der Waals surface area contributed by atoms with Crippen LogP contribution in [0.2, 0.25) is 0 Å². The highest BCUT2D eigenvalue weighted by molar-refractivity contribution is 7.16. The van der Waals surface area contributed by atoms with Gasteiger partial charge in [0.25, 0.3) is 0 Å². The first-order valence-electron chi connectivity index (χ1n) is 7.45. The lowest BCUT2D eigenvalue weighted by Crippen LogP contribution is -3.08. The molecule has 2 N–H and O–H groups in total. The summed E-state index contributed by atoms with van der Waals surface area (Å²) in [6.07, 6.45) is 2.23. The summed E-state index contributed by atoms with van der Waals surface area (Å²) >= 11 is 1.39. The van der Waals surface area contributed by atoms with Crippen LogP contribution in [0, 0.1) is 5.92 Å². The van der Waals surface area contributed by atoms with Gasteiger partial charge in [-0.15, -0.1) is 11.3 Å². The molecule has 0 bridgehead atoms. The maximum Gasteiger partial charge on any atom is 0.228 e. The van der Waals surface area contributed by atoms with E-state index in [4.69, 9.17) is 0 Å². The molecule has 0 aliphatic carbocycles. The Hall–Kier alpha value is -1.40. The van der Waals surface area contributed by atoms with E-state index in [1.54, 1.807) is 0 Å². The van der Waals surface area contributed by atoms with Crippen LogP contribution in [0.15, 0.2) is 0 Å². The van der Waals surface area contributed by atoms with E-state index < -0.39 is 5.97 Å². The molecule has 0 radical (unpaired) electrons. The van der Waals surface area contributed by atoms with Crippen molar-refractivity contribution in [3.8, 4) is 0 Å². The van der Waals surface area contributed by atoms with Gasteiger partial charge in [-0.3, -0.25) is 4.79 Å². The van der Waals surface area contributed by atoms with Crippen molar-refractivity contribution in [2.24, 2.45) is 5.92 Å². The Labute approximate surface area is 129 Å². The van der Waals surface area contributed by atoms with E-state index in [2.05, 4.69) is 12.4 Å². The van der Waals surface area contributed by atoms with Crippen molar-refractivity contribution < 1.29 is 19.6 Å². The van der Waals surface area contributed by atoms with Crippen LogP contribution < -0.4 is 15.3 Å².